The quantitative estimate of drug-likeness (QED) is 0.369. The van der Waals surface area contributed by atoms with Crippen molar-refractivity contribution in [3.05, 3.63) is 65.9 Å². The van der Waals surface area contributed by atoms with E-state index < -0.39 is 0 Å². The number of carbonyl (C=O) groups excluding carboxylic acids is 1. The summed E-state index contributed by atoms with van der Waals surface area (Å²) in [5, 5.41) is 13.4. The Morgan fingerprint density at radius 3 is 2.68 bits per heavy atom. The van der Waals surface area contributed by atoms with Crippen LogP contribution >= 0.6 is 23.1 Å². The third kappa shape index (κ3) is 5.83. The van der Waals surface area contributed by atoms with E-state index >= 15 is 0 Å². The summed E-state index contributed by atoms with van der Waals surface area (Å²) in [7, 11) is 1.62. The molecule has 8 nitrogen and oxygen atoms in total. The number of rotatable bonds is 9. The molecule has 2 aromatic heterocycles. The van der Waals surface area contributed by atoms with E-state index in [0.29, 0.717) is 22.0 Å². The molecule has 0 aliphatic rings. The van der Waals surface area contributed by atoms with Gasteiger partial charge >= 0.3 is 0 Å². The molecular formula is C21H18N4O4S2. The Balaban J connectivity index is 1.25. The lowest BCUT2D eigenvalue weighted by molar-refractivity contribution is -0.113. The number of carbonyl (C=O) groups is 1. The van der Waals surface area contributed by atoms with Crippen LogP contribution in [0.15, 0.2) is 69.6 Å². The second-order valence-corrected chi connectivity index (χ2v) is 7.95. The fraction of sp³-hybridized carbons (Fsp3) is 0.143. The molecule has 0 bridgehead atoms. The van der Waals surface area contributed by atoms with Gasteiger partial charge in [0.05, 0.1) is 18.6 Å². The number of hydrogen-bond acceptors (Lipinski definition) is 9. The van der Waals surface area contributed by atoms with Gasteiger partial charge in [0.2, 0.25) is 5.91 Å². The summed E-state index contributed by atoms with van der Waals surface area (Å²) in [5.74, 6) is 1.75. The van der Waals surface area contributed by atoms with Crippen molar-refractivity contribution in [2.75, 3.05) is 18.2 Å². The van der Waals surface area contributed by atoms with Gasteiger partial charge in [-0.3, -0.25) is 4.79 Å². The van der Waals surface area contributed by atoms with Crippen LogP contribution in [0.3, 0.4) is 0 Å². The number of methoxy groups -OCH3 is 1. The average molecular weight is 455 g/mol. The molecule has 4 rings (SSSR count). The van der Waals surface area contributed by atoms with Crippen molar-refractivity contribution in [3.63, 3.8) is 0 Å². The van der Waals surface area contributed by atoms with Crippen LogP contribution in [0.1, 0.15) is 5.89 Å². The lowest BCUT2D eigenvalue weighted by atomic mass is 10.2. The van der Waals surface area contributed by atoms with Gasteiger partial charge in [-0.25, -0.2) is 4.98 Å². The van der Waals surface area contributed by atoms with Crippen molar-refractivity contribution in [1.29, 1.82) is 0 Å². The number of nitrogens with zero attached hydrogens (tertiary/aromatic N) is 3. The number of benzene rings is 2. The molecule has 0 spiro atoms. The van der Waals surface area contributed by atoms with Gasteiger partial charge in [0.25, 0.3) is 11.1 Å². The number of nitrogens with one attached hydrogen (secondary N) is 1. The SMILES string of the molecule is COc1ccc(-c2csc(NC(=O)CSc3nnc(COc4ccccc4)o3)n2)cc1. The molecule has 0 aliphatic heterocycles. The molecule has 10 heteroatoms. The number of ether oxygens (including phenoxy) is 2. The second-order valence-electron chi connectivity index (χ2n) is 6.17. The maximum atomic E-state index is 12.2. The molecule has 2 heterocycles. The van der Waals surface area contributed by atoms with E-state index in [1.165, 1.54) is 11.3 Å². The normalized spacial score (nSPS) is 10.6. The number of thiazole rings is 1. The van der Waals surface area contributed by atoms with Gasteiger partial charge in [-0.2, -0.15) is 0 Å². The van der Waals surface area contributed by atoms with E-state index in [0.717, 1.165) is 28.8 Å². The molecule has 0 saturated heterocycles. The topological polar surface area (TPSA) is 99.4 Å². The van der Waals surface area contributed by atoms with E-state index in [1.54, 1.807) is 7.11 Å². The molecule has 0 saturated carbocycles. The third-order valence-electron chi connectivity index (χ3n) is 4.02. The molecule has 158 valence electrons. The first-order valence-electron chi connectivity index (χ1n) is 9.22. The van der Waals surface area contributed by atoms with E-state index in [9.17, 15) is 4.79 Å². The summed E-state index contributed by atoms with van der Waals surface area (Å²) in [6.45, 7) is 0.164. The van der Waals surface area contributed by atoms with Crippen LogP contribution in [-0.4, -0.2) is 34.0 Å². The molecule has 2 aromatic carbocycles. The first-order valence-corrected chi connectivity index (χ1v) is 11.1. The largest absolute Gasteiger partial charge is 0.497 e. The fourth-order valence-corrected chi connectivity index (χ4v) is 3.84. The minimum absolute atomic E-state index is 0.124. The number of anilines is 1. The monoisotopic (exact) mass is 454 g/mol. The standard InChI is InChI=1S/C21H18N4O4S2/c1-27-15-9-7-14(8-10-15)17-12-30-20(22-17)23-18(26)13-31-21-25-24-19(29-21)11-28-16-5-3-2-4-6-16/h2-10,12H,11,13H2,1H3,(H,22,23,26). The molecule has 0 fully saturated rings. The van der Waals surface area contributed by atoms with Crippen molar-refractivity contribution in [2.24, 2.45) is 0 Å². The van der Waals surface area contributed by atoms with E-state index in [1.807, 2.05) is 60.0 Å². The van der Waals surface area contributed by atoms with Crippen molar-refractivity contribution in [1.82, 2.24) is 15.2 Å². The van der Waals surface area contributed by atoms with Crippen molar-refractivity contribution in [2.45, 2.75) is 11.8 Å². The minimum Gasteiger partial charge on any atom is -0.497 e. The van der Waals surface area contributed by atoms with Crippen LogP contribution in [0, 0.1) is 0 Å². The van der Waals surface area contributed by atoms with Crippen LogP contribution in [0.2, 0.25) is 0 Å². The number of hydrogen-bond donors (Lipinski definition) is 1. The second kappa shape index (κ2) is 10.1. The highest BCUT2D eigenvalue weighted by atomic mass is 32.2. The molecule has 0 aliphatic carbocycles. The van der Waals surface area contributed by atoms with Crippen LogP contribution in [0.5, 0.6) is 11.5 Å². The Morgan fingerprint density at radius 2 is 1.90 bits per heavy atom. The fourth-order valence-electron chi connectivity index (χ4n) is 2.52. The Kier molecular flexibility index (Phi) is 6.80. The highest BCUT2D eigenvalue weighted by molar-refractivity contribution is 7.99. The van der Waals surface area contributed by atoms with Crippen molar-refractivity contribution in [3.8, 4) is 22.8 Å². The Hall–Kier alpha value is -3.37. The summed E-state index contributed by atoms with van der Waals surface area (Å²) < 4.78 is 16.2. The van der Waals surface area contributed by atoms with E-state index in [-0.39, 0.29) is 18.3 Å². The van der Waals surface area contributed by atoms with Crippen molar-refractivity contribution < 1.29 is 18.7 Å². The van der Waals surface area contributed by atoms with Gasteiger partial charge in [0.15, 0.2) is 11.7 Å². The maximum absolute atomic E-state index is 12.2. The molecule has 1 N–H and O–H groups in total. The van der Waals surface area contributed by atoms with Gasteiger partial charge in [0.1, 0.15) is 11.5 Å². The Labute approximate surface area is 186 Å². The number of aromatic nitrogens is 3. The molecular weight excluding hydrogens is 436 g/mol. The Morgan fingerprint density at radius 1 is 1.10 bits per heavy atom. The van der Waals surface area contributed by atoms with E-state index in [4.69, 9.17) is 13.9 Å². The van der Waals surface area contributed by atoms with E-state index in [2.05, 4.69) is 20.5 Å². The van der Waals surface area contributed by atoms with Gasteiger partial charge < -0.3 is 19.2 Å². The van der Waals surface area contributed by atoms with Gasteiger partial charge in [-0.15, -0.1) is 21.5 Å². The maximum Gasteiger partial charge on any atom is 0.277 e. The molecule has 0 atom stereocenters. The zero-order valence-corrected chi connectivity index (χ0v) is 18.1. The predicted octanol–water partition coefficient (Wildman–Crippen LogP) is 4.51. The van der Waals surface area contributed by atoms with Crippen LogP contribution in [-0.2, 0) is 11.4 Å². The minimum atomic E-state index is -0.207. The number of para-hydroxylation sites is 1. The lowest BCUT2D eigenvalue weighted by Crippen LogP contribution is -2.13. The first kappa shape index (κ1) is 20.9. The van der Waals surface area contributed by atoms with Crippen LogP contribution in [0.4, 0.5) is 5.13 Å². The third-order valence-corrected chi connectivity index (χ3v) is 5.59. The predicted molar refractivity (Wildman–Crippen MR) is 119 cm³/mol. The molecule has 0 unspecified atom stereocenters. The summed E-state index contributed by atoms with van der Waals surface area (Å²) in [6.07, 6.45) is 0. The number of amides is 1. The van der Waals surface area contributed by atoms with Crippen LogP contribution in [0.25, 0.3) is 11.3 Å². The Bertz CT molecular complexity index is 1130. The highest BCUT2D eigenvalue weighted by Gasteiger charge is 2.12. The molecule has 4 aromatic rings. The molecule has 1 amide bonds. The lowest BCUT2D eigenvalue weighted by Gasteiger charge is -2.02. The van der Waals surface area contributed by atoms with Crippen molar-refractivity contribution >= 4 is 34.1 Å². The first-order chi connectivity index (χ1) is 15.2. The van der Waals surface area contributed by atoms with Gasteiger partial charge in [-0.1, -0.05) is 30.0 Å². The van der Waals surface area contributed by atoms with Crippen LogP contribution < -0.4 is 14.8 Å². The zero-order valence-electron chi connectivity index (χ0n) is 16.5. The summed E-state index contributed by atoms with van der Waals surface area (Å²) in [4.78, 5) is 16.7. The average Bonchev–Trinajstić information content (AvgIpc) is 3.47. The number of thioether (sulfide) groups is 1. The molecule has 0 radical (unpaired) electrons. The smallest absolute Gasteiger partial charge is 0.277 e. The zero-order chi connectivity index (χ0) is 21.5. The van der Waals surface area contributed by atoms with Gasteiger partial charge in [0, 0.05) is 10.9 Å². The summed E-state index contributed by atoms with van der Waals surface area (Å²) >= 11 is 2.51. The summed E-state index contributed by atoms with van der Waals surface area (Å²) in [6, 6.07) is 16.9. The highest BCUT2D eigenvalue weighted by Crippen LogP contribution is 2.27. The molecule has 31 heavy (non-hydrogen) atoms. The van der Waals surface area contributed by atoms with Gasteiger partial charge in [-0.05, 0) is 36.4 Å². The summed E-state index contributed by atoms with van der Waals surface area (Å²) in [5.41, 5.74) is 1.73.